The minimum atomic E-state index is -0.176. The van der Waals surface area contributed by atoms with E-state index in [1.54, 1.807) is 0 Å². The summed E-state index contributed by atoms with van der Waals surface area (Å²) in [6.07, 6.45) is 2.85. The summed E-state index contributed by atoms with van der Waals surface area (Å²) in [4.78, 5) is 0. The normalized spacial score (nSPS) is 16.8. The zero-order chi connectivity index (χ0) is 7.98. The Bertz CT molecular complexity index is 75.7. The van der Waals surface area contributed by atoms with E-state index in [2.05, 4.69) is 12.2 Å². The van der Waals surface area contributed by atoms with Gasteiger partial charge in [0.25, 0.3) is 0 Å². The average molecular weight is 145 g/mol. The van der Waals surface area contributed by atoms with Crippen molar-refractivity contribution in [1.82, 2.24) is 5.32 Å². The highest BCUT2D eigenvalue weighted by atomic mass is 16.3. The molecule has 0 rings (SSSR count). The van der Waals surface area contributed by atoms with Gasteiger partial charge in [-0.05, 0) is 19.9 Å². The van der Waals surface area contributed by atoms with E-state index in [0.29, 0.717) is 0 Å². The lowest BCUT2D eigenvalue weighted by Crippen LogP contribution is -2.36. The number of nitrogens with one attached hydrogen (secondary N) is 1. The van der Waals surface area contributed by atoms with Crippen molar-refractivity contribution in [2.45, 2.75) is 45.3 Å². The summed E-state index contributed by atoms with van der Waals surface area (Å²) in [5, 5.41) is 12.5. The third kappa shape index (κ3) is 3.18. The van der Waals surface area contributed by atoms with Crippen molar-refractivity contribution < 1.29 is 5.11 Å². The molecule has 10 heavy (non-hydrogen) atoms. The molecular formula is C8H19NO. The first-order valence-corrected chi connectivity index (χ1v) is 4.11. The minimum Gasteiger partial charge on any atom is -0.392 e. The van der Waals surface area contributed by atoms with Crippen LogP contribution in [0.2, 0.25) is 0 Å². The molecule has 2 nitrogen and oxygen atoms in total. The van der Waals surface area contributed by atoms with E-state index in [0.717, 1.165) is 19.3 Å². The highest BCUT2D eigenvalue weighted by molar-refractivity contribution is 4.71. The molecule has 0 heterocycles. The quantitative estimate of drug-likeness (QED) is 0.608. The summed E-state index contributed by atoms with van der Waals surface area (Å²) in [6, 6.07) is 0.287. The Labute approximate surface area is 63.6 Å². The standard InChI is InChI=1S/C8H19NO/c1-4-6-7(9-3)8(10)5-2/h7-10H,4-6H2,1-3H3. The lowest BCUT2D eigenvalue weighted by molar-refractivity contribution is 0.122. The lowest BCUT2D eigenvalue weighted by atomic mass is 10.0. The molecule has 0 fully saturated rings. The van der Waals surface area contributed by atoms with Gasteiger partial charge in [-0.3, -0.25) is 0 Å². The third-order valence-corrected chi connectivity index (χ3v) is 1.85. The molecule has 0 aromatic rings. The van der Waals surface area contributed by atoms with E-state index in [4.69, 9.17) is 0 Å². The van der Waals surface area contributed by atoms with E-state index >= 15 is 0 Å². The van der Waals surface area contributed by atoms with Crippen molar-refractivity contribution >= 4 is 0 Å². The van der Waals surface area contributed by atoms with Crippen LogP contribution >= 0.6 is 0 Å². The zero-order valence-corrected chi connectivity index (χ0v) is 7.22. The monoisotopic (exact) mass is 145 g/mol. The summed E-state index contributed by atoms with van der Waals surface area (Å²) in [7, 11) is 1.90. The van der Waals surface area contributed by atoms with Crippen LogP contribution in [0.3, 0.4) is 0 Å². The van der Waals surface area contributed by atoms with Gasteiger partial charge in [0.15, 0.2) is 0 Å². The number of aliphatic hydroxyl groups excluding tert-OH is 1. The topological polar surface area (TPSA) is 32.3 Å². The molecule has 2 N–H and O–H groups in total. The SMILES string of the molecule is CCCC(NC)C(O)CC. The van der Waals surface area contributed by atoms with Crippen molar-refractivity contribution in [3.05, 3.63) is 0 Å². The second-order valence-corrected chi connectivity index (χ2v) is 2.66. The molecule has 0 saturated heterocycles. The maximum absolute atomic E-state index is 9.39. The zero-order valence-electron chi connectivity index (χ0n) is 7.22. The van der Waals surface area contributed by atoms with Gasteiger partial charge in [0.05, 0.1) is 6.10 Å². The predicted octanol–water partition coefficient (Wildman–Crippen LogP) is 1.15. The average Bonchev–Trinajstić information content (AvgIpc) is 1.99. The lowest BCUT2D eigenvalue weighted by Gasteiger charge is -2.20. The van der Waals surface area contributed by atoms with E-state index in [1.807, 2.05) is 14.0 Å². The Kier molecular flexibility index (Phi) is 5.64. The fourth-order valence-electron chi connectivity index (χ4n) is 1.12. The van der Waals surface area contributed by atoms with Crippen LogP contribution < -0.4 is 5.32 Å². The Balaban J connectivity index is 3.56. The Morgan fingerprint density at radius 3 is 2.30 bits per heavy atom. The maximum atomic E-state index is 9.39. The number of likely N-dealkylation sites (N-methyl/N-ethyl adjacent to an activating group) is 1. The van der Waals surface area contributed by atoms with Gasteiger partial charge in [0.1, 0.15) is 0 Å². The van der Waals surface area contributed by atoms with E-state index in [-0.39, 0.29) is 12.1 Å². The summed E-state index contributed by atoms with van der Waals surface area (Å²) in [5.41, 5.74) is 0. The van der Waals surface area contributed by atoms with E-state index in [1.165, 1.54) is 0 Å². The highest BCUT2D eigenvalue weighted by Crippen LogP contribution is 2.04. The molecular weight excluding hydrogens is 126 g/mol. The first-order valence-electron chi connectivity index (χ1n) is 4.11. The molecule has 2 unspecified atom stereocenters. The minimum absolute atomic E-state index is 0.176. The van der Waals surface area contributed by atoms with Gasteiger partial charge in [-0.25, -0.2) is 0 Å². The molecule has 62 valence electrons. The number of hydrogen-bond donors (Lipinski definition) is 2. The molecule has 0 aliphatic carbocycles. The van der Waals surface area contributed by atoms with Crippen LogP contribution in [0.5, 0.6) is 0 Å². The molecule has 0 radical (unpaired) electrons. The number of hydrogen-bond acceptors (Lipinski definition) is 2. The summed E-state index contributed by atoms with van der Waals surface area (Å²) in [5.74, 6) is 0. The van der Waals surface area contributed by atoms with Crippen molar-refractivity contribution in [2.75, 3.05) is 7.05 Å². The molecule has 2 heteroatoms. The largest absolute Gasteiger partial charge is 0.392 e. The van der Waals surface area contributed by atoms with Gasteiger partial charge in [-0.15, -0.1) is 0 Å². The van der Waals surface area contributed by atoms with Gasteiger partial charge in [0, 0.05) is 6.04 Å². The molecule has 0 spiro atoms. The molecule has 0 aliphatic rings. The van der Waals surface area contributed by atoms with Crippen LogP contribution in [0, 0.1) is 0 Å². The molecule has 0 bridgehead atoms. The van der Waals surface area contributed by atoms with E-state index < -0.39 is 0 Å². The third-order valence-electron chi connectivity index (χ3n) is 1.85. The van der Waals surface area contributed by atoms with Gasteiger partial charge < -0.3 is 10.4 Å². The van der Waals surface area contributed by atoms with Crippen molar-refractivity contribution in [2.24, 2.45) is 0 Å². The molecule has 0 aromatic carbocycles. The Hall–Kier alpha value is -0.0800. The maximum Gasteiger partial charge on any atom is 0.0690 e. The Morgan fingerprint density at radius 2 is 2.00 bits per heavy atom. The van der Waals surface area contributed by atoms with Crippen LogP contribution in [0.4, 0.5) is 0 Å². The summed E-state index contributed by atoms with van der Waals surface area (Å²) >= 11 is 0. The van der Waals surface area contributed by atoms with E-state index in [9.17, 15) is 5.11 Å². The molecule has 2 atom stereocenters. The molecule has 0 saturated carbocycles. The van der Waals surface area contributed by atoms with Gasteiger partial charge in [-0.1, -0.05) is 20.3 Å². The number of rotatable bonds is 5. The van der Waals surface area contributed by atoms with Crippen LogP contribution in [-0.2, 0) is 0 Å². The van der Waals surface area contributed by atoms with Crippen LogP contribution in [0.15, 0.2) is 0 Å². The molecule has 0 aliphatic heterocycles. The Morgan fingerprint density at radius 1 is 1.40 bits per heavy atom. The number of aliphatic hydroxyl groups is 1. The van der Waals surface area contributed by atoms with Gasteiger partial charge in [-0.2, -0.15) is 0 Å². The first-order chi connectivity index (χ1) is 4.76. The van der Waals surface area contributed by atoms with Gasteiger partial charge in [0.2, 0.25) is 0 Å². The molecule has 0 amide bonds. The van der Waals surface area contributed by atoms with Crippen LogP contribution in [-0.4, -0.2) is 24.3 Å². The predicted molar refractivity (Wildman–Crippen MR) is 44.1 cm³/mol. The first kappa shape index (κ1) is 9.92. The van der Waals surface area contributed by atoms with Crippen molar-refractivity contribution in [3.8, 4) is 0 Å². The van der Waals surface area contributed by atoms with Crippen LogP contribution in [0.1, 0.15) is 33.1 Å². The second-order valence-electron chi connectivity index (χ2n) is 2.66. The summed E-state index contributed by atoms with van der Waals surface area (Å²) < 4.78 is 0. The smallest absolute Gasteiger partial charge is 0.0690 e. The van der Waals surface area contributed by atoms with Gasteiger partial charge >= 0.3 is 0 Å². The summed E-state index contributed by atoms with van der Waals surface area (Å²) in [6.45, 7) is 4.14. The van der Waals surface area contributed by atoms with Crippen molar-refractivity contribution in [1.29, 1.82) is 0 Å². The fourth-order valence-corrected chi connectivity index (χ4v) is 1.12. The van der Waals surface area contributed by atoms with Crippen LogP contribution in [0.25, 0.3) is 0 Å². The molecule has 0 aromatic heterocycles. The van der Waals surface area contributed by atoms with Crippen molar-refractivity contribution in [3.63, 3.8) is 0 Å². The fraction of sp³-hybridized carbons (Fsp3) is 1.00. The second kappa shape index (κ2) is 5.69. The highest BCUT2D eigenvalue weighted by Gasteiger charge is 2.12.